The molecule has 7 nitrogen and oxygen atoms in total. The Bertz CT molecular complexity index is 575. The molecule has 0 unspecified atom stereocenters. The number of nitrogens with one attached hydrogen (secondary N) is 1. The molecule has 7 heteroatoms. The van der Waals surface area contributed by atoms with Crippen molar-refractivity contribution in [3.05, 3.63) is 33.9 Å². The van der Waals surface area contributed by atoms with Gasteiger partial charge < -0.3 is 16.2 Å². The maximum absolute atomic E-state index is 11.2. The smallest absolute Gasteiger partial charge is 0.293 e. The van der Waals surface area contributed by atoms with Crippen LogP contribution in [0.1, 0.15) is 36.5 Å². The Morgan fingerprint density at radius 1 is 1.62 bits per heavy atom. The molecule has 1 aliphatic carbocycles. The lowest BCUT2D eigenvalue weighted by Crippen LogP contribution is -2.36. The molecule has 0 radical (unpaired) electrons. The zero-order valence-electron chi connectivity index (χ0n) is 11.8. The molecule has 0 heterocycles. The number of aliphatic hydroxyl groups excluding tert-OH is 1. The Labute approximate surface area is 122 Å². The summed E-state index contributed by atoms with van der Waals surface area (Å²) in [4.78, 5) is 21.8. The molecule has 0 saturated heterocycles. The molecule has 0 bridgehead atoms. The van der Waals surface area contributed by atoms with Gasteiger partial charge >= 0.3 is 0 Å². The lowest BCUT2D eigenvalue weighted by Gasteiger charge is -2.30. The summed E-state index contributed by atoms with van der Waals surface area (Å²) in [5.41, 5.74) is 5.11. The summed E-state index contributed by atoms with van der Waals surface area (Å²) in [6, 6.07) is 4.09. The summed E-state index contributed by atoms with van der Waals surface area (Å²) in [7, 11) is 0. The highest BCUT2D eigenvalue weighted by molar-refractivity contribution is 5.94. The van der Waals surface area contributed by atoms with E-state index in [0.717, 1.165) is 19.3 Å². The molecule has 1 fully saturated rings. The van der Waals surface area contributed by atoms with Crippen molar-refractivity contribution in [1.82, 2.24) is 0 Å². The number of primary amides is 1. The number of nitro groups is 1. The van der Waals surface area contributed by atoms with Gasteiger partial charge in [-0.1, -0.05) is 13.3 Å². The van der Waals surface area contributed by atoms with Gasteiger partial charge in [0.1, 0.15) is 5.69 Å². The maximum Gasteiger partial charge on any atom is 0.293 e. The van der Waals surface area contributed by atoms with Crippen molar-refractivity contribution in [2.45, 2.75) is 32.2 Å². The first-order valence-electron chi connectivity index (χ1n) is 6.83. The minimum absolute atomic E-state index is 0.0256. The molecule has 0 spiro atoms. The number of nitrogens with two attached hydrogens (primary N) is 1. The fourth-order valence-corrected chi connectivity index (χ4v) is 2.81. The number of nitro benzene ring substituents is 1. The first-order valence-corrected chi connectivity index (χ1v) is 6.83. The number of nitrogens with zero attached hydrogens (tertiary/aromatic N) is 1. The number of carbonyl (C=O) groups excluding carboxylic acids is 1. The third kappa shape index (κ3) is 2.97. The van der Waals surface area contributed by atoms with E-state index in [4.69, 9.17) is 5.73 Å². The van der Waals surface area contributed by atoms with E-state index < -0.39 is 10.8 Å². The predicted octanol–water partition coefficient (Wildman–Crippen LogP) is 1.66. The van der Waals surface area contributed by atoms with Crippen molar-refractivity contribution in [1.29, 1.82) is 0 Å². The van der Waals surface area contributed by atoms with Crippen LogP contribution in [0, 0.1) is 15.5 Å². The first kappa shape index (κ1) is 15.2. The molecule has 1 amide bonds. The number of anilines is 1. The molecule has 114 valence electrons. The van der Waals surface area contributed by atoms with Crippen molar-refractivity contribution in [2.24, 2.45) is 11.1 Å². The zero-order chi connectivity index (χ0) is 15.6. The van der Waals surface area contributed by atoms with Gasteiger partial charge in [0.25, 0.3) is 5.69 Å². The SMILES string of the molecule is C[C@@]1(CO)CCC[C@H]1Nc1ccc(C(N)=O)cc1[N+](=O)[O-]. The van der Waals surface area contributed by atoms with Crippen LogP contribution in [0.4, 0.5) is 11.4 Å². The van der Waals surface area contributed by atoms with Gasteiger partial charge in [-0.15, -0.1) is 0 Å². The highest BCUT2D eigenvalue weighted by Gasteiger charge is 2.39. The number of hydrogen-bond donors (Lipinski definition) is 3. The van der Waals surface area contributed by atoms with E-state index >= 15 is 0 Å². The van der Waals surface area contributed by atoms with Crippen LogP contribution in [0.2, 0.25) is 0 Å². The summed E-state index contributed by atoms with van der Waals surface area (Å²) < 4.78 is 0. The molecule has 1 saturated carbocycles. The molecule has 21 heavy (non-hydrogen) atoms. The number of rotatable bonds is 5. The van der Waals surface area contributed by atoms with Crippen LogP contribution >= 0.6 is 0 Å². The summed E-state index contributed by atoms with van der Waals surface area (Å²) in [6.45, 7) is 1.99. The Morgan fingerprint density at radius 2 is 2.33 bits per heavy atom. The number of aliphatic hydroxyl groups is 1. The second-order valence-electron chi connectivity index (χ2n) is 5.75. The van der Waals surface area contributed by atoms with Gasteiger partial charge in [0.15, 0.2) is 0 Å². The van der Waals surface area contributed by atoms with Gasteiger partial charge in [0.2, 0.25) is 5.91 Å². The van der Waals surface area contributed by atoms with Crippen LogP contribution in [0.3, 0.4) is 0 Å². The number of benzene rings is 1. The van der Waals surface area contributed by atoms with Crippen molar-refractivity contribution in [2.75, 3.05) is 11.9 Å². The second kappa shape index (κ2) is 5.69. The Kier molecular flexibility index (Phi) is 4.13. The Morgan fingerprint density at radius 3 is 2.90 bits per heavy atom. The number of hydrogen-bond acceptors (Lipinski definition) is 5. The van der Waals surface area contributed by atoms with Crippen molar-refractivity contribution < 1.29 is 14.8 Å². The minimum atomic E-state index is -0.703. The zero-order valence-corrected chi connectivity index (χ0v) is 11.8. The van der Waals surface area contributed by atoms with E-state index in [0.29, 0.717) is 5.69 Å². The maximum atomic E-state index is 11.2. The summed E-state index contributed by atoms with van der Waals surface area (Å²) >= 11 is 0. The molecule has 0 aromatic heterocycles. The van der Waals surface area contributed by atoms with Gasteiger partial charge in [0, 0.05) is 23.1 Å². The van der Waals surface area contributed by atoms with Crippen LogP contribution in [0.15, 0.2) is 18.2 Å². The molecule has 0 aliphatic heterocycles. The first-order chi connectivity index (χ1) is 9.87. The van der Waals surface area contributed by atoms with Gasteiger partial charge in [-0.2, -0.15) is 0 Å². The lowest BCUT2D eigenvalue weighted by molar-refractivity contribution is -0.384. The molecular weight excluding hydrogens is 274 g/mol. The number of amides is 1. The predicted molar refractivity (Wildman–Crippen MR) is 78.1 cm³/mol. The number of carbonyl (C=O) groups is 1. The summed E-state index contributed by atoms with van der Waals surface area (Å²) in [5, 5.41) is 23.8. The van der Waals surface area contributed by atoms with Gasteiger partial charge in [-0.25, -0.2) is 0 Å². The van der Waals surface area contributed by atoms with E-state index in [2.05, 4.69) is 5.32 Å². The van der Waals surface area contributed by atoms with Gasteiger partial charge in [-0.05, 0) is 25.0 Å². The van der Waals surface area contributed by atoms with E-state index in [1.165, 1.54) is 18.2 Å². The third-order valence-corrected chi connectivity index (χ3v) is 4.25. The van der Waals surface area contributed by atoms with Gasteiger partial charge in [0.05, 0.1) is 11.5 Å². The molecule has 2 rings (SSSR count). The van der Waals surface area contributed by atoms with Crippen LogP contribution in [0.5, 0.6) is 0 Å². The van der Waals surface area contributed by atoms with E-state index in [9.17, 15) is 20.0 Å². The summed E-state index contributed by atoms with van der Waals surface area (Å²) in [6.07, 6.45) is 2.67. The van der Waals surface area contributed by atoms with E-state index in [-0.39, 0.29) is 29.3 Å². The molecule has 1 aliphatic rings. The lowest BCUT2D eigenvalue weighted by atomic mass is 9.85. The van der Waals surface area contributed by atoms with Crippen LogP contribution in [-0.2, 0) is 0 Å². The molecule has 2 atom stereocenters. The van der Waals surface area contributed by atoms with Crippen LogP contribution in [-0.4, -0.2) is 28.6 Å². The molecule has 1 aromatic carbocycles. The highest BCUT2D eigenvalue weighted by atomic mass is 16.6. The van der Waals surface area contributed by atoms with Gasteiger partial charge in [-0.3, -0.25) is 14.9 Å². The van der Waals surface area contributed by atoms with Crippen LogP contribution in [0.25, 0.3) is 0 Å². The van der Waals surface area contributed by atoms with E-state index in [1.807, 2.05) is 6.92 Å². The van der Waals surface area contributed by atoms with E-state index in [1.54, 1.807) is 0 Å². The molecule has 1 aromatic rings. The third-order valence-electron chi connectivity index (χ3n) is 4.25. The average molecular weight is 293 g/mol. The normalized spacial score (nSPS) is 24.8. The topological polar surface area (TPSA) is 118 Å². The van der Waals surface area contributed by atoms with Crippen molar-refractivity contribution in [3.8, 4) is 0 Å². The Balaban J connectivity index is 2.31. The largest absolute Gasteiger partial charge is 0.396 e. The van der Waals surface area contributed by atoms with Crippen molar-refractivity contribution >= 4 is 17.3 Å². The standard InChI is InChI=1S/C14H19N3O4/c1-14(8-18)6-2-3-12(14)16-10-5-4-9(13(15)19)7-11(10)17(20)21/h4-5,7,12,16,18H,2-3,6,8H2,1H3,(H2,15,19)/t12-,14+/m1/s1. The quantitative estimate of drug-likeness (QED) is 0.563. The highest BCUT2D eigenvalue weighted by Crippen LogP contribution is 2.40. The van der Waals surface area contributed by atoms with Crippen molar-refractivity contribution in [3.63, 3.8) is 0 Å². The van der Waals surface area contributed by atoms with Crippen LogP contribution < -0.4 is 11.1 Å². The Hall–Kier alpha value is -2.15. The molecular formula is C14H19N3O4. The fraction of sp³-hybridized carbons (Fsp3) is 0.500. The summed E-state index contributed by atoms with van der Waals surface area (Å²) in [5.74, 6) is -0.703. The fourth-order valence-electron chi connectivity index (χ4n) is 2.81. The average Bonchev–Trinajstić information content (AvgIpc) is 2.81. The monoisotopic (exact) mass is 293 g/mol. The second-order valence-corrected chi connectivity index (χ2v) is 5.75. The minimum Gasteiger partial charge on any atom is -0.396 e. The molecule has 4 N–H and O–H groups in total.